The van der Waals surface area contributed by atoms with Gasteiger partial charge in [0.2, 0.25) is 0 Å². The molecule has 9 heteroatoms. The van der Waals surface area contributed by atoms with E-state index < -0.39 is 27.7 Å². The number of hydrogen-bond acceptors (Lipinski definition) is 4. The molecule has 1 heterocycles. The van der Waals surface area contributed by atoms with Gasteiger partial charge < -0.3 is 15.0 Å². The standard InChI is InChI=1S/C23H24ClFN2O4S/c1-13-20(23(29)26-17-6-8-18(9-7-17)32(4,30)31)12-27(14(2)15(3)28)22(13)19-10-5-16(25)11-21(19)24/h5-12,14-15,28H,1-4H3,(H,26,29). The van der Waals surface area contributed by atoms with Crippen LogP contribution in [0.4, 0.5) is 10.1 Å². The smallest absolute Gasteiger partial charge is 0.257 e. The van der Waals surface area contributed by atoms with E-state index in [1.165, 1.54) is 42.5 Å². The Balaban J connectivity index is 2.04. The highest BCUT2D eigenvalue weighted by molar-refractivity contribution is 7.90. The van der Waals surface area contributed by atoms with Crippen LogP contribution in [0.3, 0.4) is 0 Å². The minimum atomic E-state index is -3.34. The largest absolute Gasteiger partial charge is 0.391 e. The number of aliphatic hydroxyl groups is 1. The van der Waals surface area contributed by atoms with Gasteiger partial charge >= 0.3 is 0 Å². The molecule has 0 aliphatic rings. The van der Waals surface area contributed by atoms with Crippen molar-refractivity contribution in [1.82, 2.24) is 4.57 Å². The molecule has 0 saturated carbocycles. The molecule has 0 spiro atoms. The average molecular weight is 479 g/mol. The number of rotatable bonds is 6. The Hall–Kier alpha value is -2.68. The zero-order chi connectivity index (χ0) is 23.8. The Morgan fingerprint density at radius 2 is 1.78 bits per heavy atom. The van der Waals surface area contributed by atoms with Gasteiger partial charge in [0.25, 0.3) is 5.91 Å². The van der Waals surface area contributed by atoms with Gasteiger partial charge in [0.15, 0.2) is 9.84 Å². The number of amides is 1. The van der Waals surface area contributed by atoms with Crippen molar-refractivity contribution in [2.24, 2.45) is 0 Å². The minimum Gasteiger partial charge on any atom is -0.391 e. The number of anilines is 1. The van der Waals surface area contributed by atoms with Gasteiger partial charge in [-0.05, 0) is 68.8 Å². The molecule has 6 nitrogen and oxygen atoms in total. The third-order valence-electron chi connectivity index (χ3n) is 5.39. The molecule has 3 rings (SSSR count). The third-order valence-corrected chi connectivity index (χ3v) is 6.83. The zero-order valence-electron chi connectivity index (χ0n) is 18.1. The second-order valence-corrected chi connectivity index (χ2v) is 10.2. The van der Waals surface area contributed by atoms with Gasteiger partial charge in [0.05, 0.1) is 33.3 Å². The summed E-state index contributed by atoms with van der Waals surface area (Å²) in [6.07, 6.45) is 2.01. The summed E-state index contributed by atoms with van der Waals surface area (Å²) in [7, 11) is -3.34. The fourth-order valence-corrected chi connectivity index (χ4v) is 4.30. The molecule has 0 bridgehead atoms. The van der Waals surface area contributed by atoms with E-state index >= 15 is 0 Å². The Kier molecular flexibility index (Phi) is 6.78. The Morgan fingerprint density at radius 3 is 2.31 bits per heavy atom. The van der Waals surface area contributed by atoms with Gasteiger partial charge in [-0.1, -0.05) is 11.6 Å². The molecule has 2 unspecified atom stereocenters. The number of sulfone groups is 1. The molecule has 2 atom stereocenters. The molecular formula is C23H24ClFN2O4S. The molecule has 0 aliphatic heterocycles. The predicted molar refractivity (Wildman–Crippen MR) is 123 cm³/mol. The van der Waals surface area contributed by atoms with Crippen LogP contribution < -0.4 is 5.32 Å². The lowest BCUT2D eigenvalue weighted by Crippen LogP contribution is -2.18. The first-order valence-corrected chi connectivity index (χ1v) is 12.1. The highest BCUT2D eigenvalue weighted by Crippen LogP contribution is 2.36. The lowest BCUT2D eigenvalue weighted by molar-refractivity contribution is 0.102. The zero-order valence-corrected chi connectivity index (χ0v) is 19.6. The van der Waals surface area contributed by atoms with Crippen molar-refractivity contribution in [3.05, 3.63) is 70.6 Å². The summed E-state index contributed by atoms with van der Waals surface area (Å²) in [5, 5.41) is 13.1. The number of hydrogen-bond donors (Lipinski definition) is 2. The van der Waals surface area contributed by atoms with Crippen molar-refractivity contribution < 1.29 is 22.7 Å². The molecule has 0 fully saturated rings. The van der Waals surface area contributed by atoms with Crippen molar-refractivity contribution in [2.45, 2.75) is 37.8 Å². The normalized spacial score (nSPS) is 13.6. The summed E-state index contributed by atoms with van der Waals surface area (Å²) in [5.74, 6) is -0.890. The van der Waals surface area contributed by atoms with E-state index in [1.807, 2.05) is 0 Å². The van der Waals surface area contributed by atoms with Gasteiger partial charge in [-0.25, -0.2) is 12.8 Å². The number of benzene rings is 2. The van der Waals surface area contributed by atoms with Crippen LogP contribution >= 0.6 is 11.6 Å². The highest BCUT2D eigenvalue weighted by atomic mass is 35.5. The van der Waals surface area contributed by atoms with E-state index in [0.29, 0.717) is 28.1 Å². The molecule has 0 aliphatic carbocycles. The number of carbonyl (C=O) groups excluding carboxylic acids is 1. The summed E-state index contributed by atoms with van der Waals surface area (Å²) in [6.45, 7) is 5.19. The number of nitrogens with one attached hydrogen (secondary N) is 1. The summed E-state index contributed by atoms with van der Waals surface area (Å²) < 4.78 is 38.6. The van der Waals surface area contributed by atoms with E-state index in [1.54, 1.807) is 31.5 Å². The molecule has 0 saturated heterocycles. The number of nitrogens with zero attached hydrogens (tertiary/aromatic N) is 1. The highest BCUT2D eigenvalue weighted by Gasteiger charge is 2.25. The van der Waals surface area contributed by atoms with E-state index in [2.05, 4.69) is 5.32 Å². The summed E-state index contributed by atoms with van der Waals surface area (Å²) in [5.41, 5.74) is 2.52. The SMILES string of the molecule is Cc1c(C(=O)Nc2ccc(S(C)(=O)=O)cc2)cn(C(C)C(C)O)c1-c1ccc(F)cc1Cl. The van der Waals surface area contributed by atoms with Gasteiger partial charge in [-0.15, -0.1) is 0 Å². The molecule has 3 aromatic rings. The van der Waals surface area contributed by atoms with E-state index in [-0.39, 0.29) is 16.0 Å². The van der Waals surface area contributed by atoms with Gasteiger partial charge in [-0.2, -0.15) is 0 Å². The first kappa shape index (κ1) is 24.0. The first-order chi connectivity index (χ1) is 14.9. The maximum atomic E-state index is 13.6. The van der Waals surface area contributed by atoms with Crippen LogP contribution in [0.1, 0.15) is 35.8 Å². The van der Waals surface area contributed by atoms with Crippen LogP contribution in [0.15, 0.2) is 53.6 Å². The lowest BCUT2D eigenvalue weighted by Gasteiger charge is -2.21. The minimum absolute atomic E-state index is 0.150. The molecule has 2 N–H and O–H groups in total. The maximum Gasteiger partial charge on any atom is 0.257 e. The van der Waals surface area contributed by atoms with Gasteiger partial charge in [0, 0.05) is 23.7 Å². The van der Waals surface area contributed by atoms with Crippen molar-refractivity contribution in [1.29, 1.82) is 0 Å². The average Bonchev–Trinajstić information content (AvgIpc) is 3.04. The van der Waals surface area contributed by atoms with Crippen LogP contribution in [0.2, 0.25) is 5.02 Å². The summed E-state index contributed by atoms with van der Waals surface area (Å²) in [4.78, 5) is 13.2. The van der Waals surface area contributed by atoms with E-state index in [9.17, 15) is 22.7 Å². The Labute approximate surface area is 191 Å². The van der Waals surface area contributed by atoms with Crippen LogP contribution in [-0.4, -0.2) is 36.4 Å². The number of carbonyl (C=O) groups is 1. The monoisotopic (exact) mass is 478 g/mol. The molecule has 0 radical (unpaired) electrons. The van der Waals surface area contributed by atoms with Crippen molar-refractivity contribution in [2.75, 3.05) is 11.6 Å². The second kappa shape index (κ2) is 9.05. The Bertz CT molecular complexity index is 1270. The molecule has 2 aromatic carbocycles. The fourth-order valence-electron chi connectivity index (χ4n) is 3.41. The molecular weight excluding hydrogens is 455 g/mol. The summed E-state index contributed by atoms with van der Waals surface area (Å²) >= 11 is 6.30. The van der Waals surface area contributed by atoms with E-state index in [0.717, 1.165) is 6.26 Å². The quantitative estimate of drug-likeness (QED) is 0.530. The topological polar surface area (TPSA) is 88.4 Å². The lowest BCUT2D eigenvalue weighted by atomic mass is 10.0. The molecule has 170 valence electrons. The van der Waals surface area contributed by atoms with Gasteiger partial charge in [0.1, 0.15) is 5.82 Å². The van der Waals surface area contributed by atoms with Crippen LogP contribution in [0, 0.1) is 12.7 Å². The third kappa shape index (κ3) is 4.87. The van der Waals surface area contributed by atoms with Crippen LogP contribution in [0.5, 0.6) is 0 Å². The molecule has 1 amide bonds. The second-order valence-electron chi connectivity index (χ2n) is 7.78. The van der Waals surface area contributed by atoms with Crippen LogP contribution in [0.25, 0.3) is 11.3 Å². The number of aliphatic hydroxyl groups excluding tert-OH is 1. The van der Waals surface area contributed by atoms with Crippen molar-refractivity contribution in [3.8, 4) is 11.3 Å². The number of halogens is 2. The van der Waals surface area contributed by atoms with E-state index in [4.69, 9.17) is 11.6 Å². The van der Waals surface area contributed by atoms with Crippen molar-refractivity contribution >= 4 is 33.0 Å². The van der Waals surface area contributed by atoms with Gasteiger partial charge in [-0.3, -0.25) is 4.79 Å². The fraction of sp³-hybridized carbons (Fsp3) is 0.261. The summed E-state index contributed by atoms with van der Waals surface area (Å²) in [6, 6.07) is 9.49. The Morgan fingerprint density at radius 1 is 1.16 bits per heavy atom. The number of aromatic nitrogens is 1. The maximum absolute atomic E-state index is 13.6. The molecule has 32 heavy (non-hydrogen) atoms. The molecule has 1 aromatic heterocycles. The first-order valence-electron chi connectivity index (χ1n) is 9.86. The van der Waals surface area contributed by atoms with Crippen molar-refractivity contribution in [3.63, 3.8) is 0 Å². The van der Waals surface area contributed by atoms with Crippen LogP contribution in [-0.2, 0) is 9.84 Å². The predicted octanol–water partition coefficient (Wildman–Crippen LogP) is 4.85.